The van der Waals surface area contributed by atoms with Crippen LogP contribution in [-0.4, -0.2) is 42.2 Å². The smallest absolute Gasteiger partial charge is 0.265 e. The number of hydrogen-bond acceptors (Lipinski definition) is 6. The van der Waals surface area contributed by atoms with E-state index in [9.17, 15) is 13.2 Å². The van der Waals surface area contributed by atoms with Gasteiger partial charge in [0.25, 0.3) is 10.0 Å². The van der Waals surface area contributed by atoms with Crippen LogP contribution in [0.2, 0.25) is 15.1 Å². The van der Waals surface area contributed by atoms with Gasteiger partial charge in [-0.05, 0) is 48.5 Å². The van der Waals surface area contributed by atoms with Crippen molar-refractivity contribution in [1.29, 1.82) is 0 Å². The van der Waals surface area contributed by atoms with Gasteiger partial charge in [0, 0.05) is 26.8 Å². The number of nitrogens with zero attached hydrogens (tertiary/aromatic N) is 1. The molecule has 0 saturated carbocycles. The molecule has 35 heavy (non-hydrogen) atoms. The van der Waals surface area contributed by atoms with Crippen molar-refractivity contribution in [2.75, 3.05) is 37.5 Å². The maximum atomic E-state index is 13.8. The number of anilines is 2. The van der Waals surface area contributed by atoms with E-state index in [1.807, 2.05) is 0 Å². The summed E-state index contributed by atoms with van der Waals surface area (Å²) in [5, 5.41) is 3.46. The Morgan fingerprint density at radius 2 is 1.40 bits per heavy atom. The molecule has 3 aromatic carbocycles. The van der Waals surface area contributed by atoms with Gasteiger partial charge in [-0.1, -0.05) is 34.8 Å². The average Bonchev–Trinajstić information content (AvgIpc) is 2.81. The first-order valence-electron chi connectivity index (χ1n) is 9.93. The molecule has 8 nitrogen and oxygen atoms in total. The second-order valence-corrected chi connectivity index (χ2v) is 10.2. The third-order valence-corrected chi connectivity index (χ3v) is 7.21. The second-order valence-electron chi connectivity index (χ2n) is 7.05. The zero-order valence-corrected chi connectivity index (χ0v) is 21.9. The molecule has 0 unspecified atom stereocenters. The molecule has 0 aromatic heterocycles. The number of sulfonamides is 1. The zero-order valence-electron chi connectivity index (χ0n) is 18.8. The lowest BCUT2D eigenvalue weighted by molar-refractivity contribution is -0.114. The Morgan fingerprint density at radius 1 is 0.800 bits per heavy atom. The van der Waals surface area contributed by atoms with E-state index >= 15 is 0 Å². The SMILES string of the molecule is COc1ccc(S(=O)(=O)N(CC(=O)Nc2cc(Cl)cc(Cl)c2)c2cc(Cl)ccc2OC)cc1OC. The highest BCUT2D eigenvalue weighted by molar-refractivity contribution is 7.92. The molecule has 0 spiro atoms. The van der Waals surface area contributed by atoms with Gasteiger partial charge in [0.05, 0.1) is 31.9 Å². The molecule has 0 radical (unpaired) electrons. The standard InChI is InChI=1S/C23H21Cl3N2O6S/c1-32-20-6-4-14(24)11-19(20)28(13-23(29)27-17-9-15(25)8-16(26)10-17)35(30,31)18-5-7-21(33-2)22(12-18)34-3/h4-12H,13H2,1-3H3,(H,27,29). The van der Waals surface area contributed by atoms with Gasteiger partial charge in [-0.15, -0.1) is 0 Å². The highest BCUT2D eigenvalue weighted by atomic mass is 35.5. The molecule has 0 aliphatic carbocycles. The van der Waals surface area contributed by atoms with Crippen molar-refractivity contribution < 1.29 is 27.4 Å². The number of halogens is 3. The van der Waals surface area contributed by atoms with Crippen LogP contribution in [0, 0.1) is 0 Å². The first kappa shape index (κ1) is 26.7. The first-order chi connectivity index (χ1) is 16.6. The molecule has 12 heteroatoms. The van der Waals surface area contributed by atoms with Gasteiger partial charge in [-0.3, -0.25) is 9.10 Å². The lowest BCUT2D eigenvalue weighted by Crippen LogP contribution is -2.38. The molecule has 0 aliphatic heterocycles. The molecule has 0 fully saturated rings. The topological polar surface area (TPSA) is 94.2 Å². The Bertz CT molecular complexity index is 1330. The van der Waals surface area contributed by atoms with Crippen molar-refractivity contribution in [2.24, 2.45) is 0 Å². The van der Waals surface area contributed by atoms with Crippen molar-refractivity contribution in [2.45, 2.75) is 4.90 Å². The van der Waals surface area contributed by atoms with Crippen LogP contribution in [0.5, 0.6) is 17.2 Å². The number of hydrogen-bond donors (Lipinski definition) is 1. The van der Waals surface area contributed by atoms with Crippen molar-refractivity contribution in [3.05, 3.63) is 69.7 Å². The Kier molecular flexibility index (Phi) is 8.60. The fraction of sp³-hybridized carbons (Fsp3) is 0.174. The number of nitrogens with one attached hydrogen (secondary N) is 1. The van der Waals surface area contributed by atoms with Gasteiger partial charge in [0.2, 0.25) is 5.91 Å². The summed E-state index contributed by atoms with van der Waals surface area (Å²) < 4.78 is 44.2. The van der Waals surface area contributed by atoms with E-state index in [-0.39, 0.29) is 27.1 Å². The van der Waals surface area contributed by atoms with Gasteiger partial charge < -0.3 is 19.5 Å². The fourth-order valence-electron chi connectivity index (χ4n) is 3.22. The molecule has 0 aliphatic rings. The lowest BCUT2D eigenvalue weighted by Gasteiger charge is -2.26. The number of ether oxygens (including phenoxy) is 3. The zero-order chi connectivity index (χ0) is 25.8. The monoisotopic (exact) mass is 558 g/mol. The summed E-state index contributed by atoms with van der Waals surface area (Å²) in [7, 11) is -0.125. The highest BCUT2D eigenvalue weighted by Gasteiger charge is 2.31. The maximum absolute atomic E-state index is 13.8. The highest BCUT2D eigenvalue weighted by Crippen LogP contribution is 2.37. The van der Waals surface area contributed by atoms with E-state index in [4.69, 9.17) is 49.0 Å². The minimum atomic E-state index is -4.32. The maximum Gasteiger partial charge on any atom is 0.265 e. The van der Waals surface area contributed by atoms with Crippen molar-refractivity contribution in [3.63, 3.8) is 0 Å². The van der Waals surface area contributed by atoms with Gasteiger partial charge in [-0.25, -0.2) is 8.42 Å². The fourth-order valence-corrected chi connectivity index (χ4v) is 5.35. The molecule has 3 rings (SSSR count). The van der Waals surface area contributed by atoms with Crippen LogP contribution in [0.1, 0.15) is 0 Å². The summed E-state index contributed by atoms with van der Waals surface area (Å²) in [5.41, 5.74) is 0.364. The third-order valence-electron chi connectivity index (χ3n) is 4.79. The third kappa shape index (κ3) is 6.24. The molecule has 0 heterocycles. The van der Waals surface area contributed by atoms with Gasteiger partial charge >= 0.3 is 0 Å². The number of benzene rings is 3. The summed E-state index contributed by atoms with van der Waals surface area (Å²) in [6, 6.07) is 13.0. The predicted octanol–water partition coefficient (Wildman–Crippen LogP) is 5.51. The first-order valence-corrected chi connectivity index (χ1v) is 12.5. The number of amides is 1. The van der Waals surface area contributed by atoms with E-state index < -0.39 is 22.5 Å². The van der Waals surface area contributed by atoms with Gasteiger partial charge in [-0.2, -0.15) is 0 Å². The van der Waals surface area contributed by atoms with Crippen molar-refractivity contribution in [1.82, 2.24) is 0 Å². The van der Waals surface area contributed by atoms with Gasteiger partial charge in [0.1, 0.15) is 12.3 Å². The Labute approximate surface area is 218 Å². The van der Waals surface area contributed by atoms with Gasteiger partial charge in [0.15, 0.2) is 11.5 Å². The molecule has 186 valence electrons. The van der Waals surface area contributed by atoms with E-state index in [1.165, 1.54) is 69.9 Å². The van der Waals surface area contributed by atoms with Crippen LogP contribution in [0.3, 0.4) is 0 Å². The summed E-state index contributed by atoms with van der Waals surface area (Å²) in [6.07, 6.45) is 0. The van der Waals surface area contributed by atoms with E-state index in [0.717, 1.165) is 4.31 Å². The second kappa shape index (κ2) is 11.3. The quantitative estimate of drug-likeness (QED) is 0.372. The van der Waals surface area contributed by atoms with Crippen LogP contribution in [-0.2, 0) is 14.8 Å². The van der Waals surface area contributed by atoms with E-state index in [1.54, 1.807) is 6.07 Å². The Morgan fingerprint density at radius 3 is 2.00 bits per heavy atom. The number of rotatable bonds is 9. The molecule has 3 aromatic rings. The molecule has 0 atom stereocenters. The Balaban J connectivity index is 2.08. The molecule has 0 bridgehead atoms. The number of methoxy groups -OCH3 is 3. The lowest BCUT2D eigenvalue weighted by atomic mass is 10.3. The average molecular weight is 560 g/mol. The van der Waals surface area contributed by atoms with Crippen molar-refractivity contribution >= 4 is 62.1 Å². The normalized spacial score (nSPS) is 11.0. The molecular formula is C23H21Cl3N2O6S. The molecule has 0 saturated heterocycles. The van der Waals surface area contributed by atoms with Crippen LogP contribution in [0.25, 0.3) is 0 Å². The summed E-state index contributed by atoms with van der Waals surface area (Å²) in [4.78, 5) is 12.8. The summed E-state index contributed by atoms with van der Waals surface area (Å²) in [5.74, 6) is 0.0741. The minimum Gasteiger partial charge on any atom is -0.495 e. The summed E-state index contributed by atoms with van der Waals surface area (Å²) >= 11 is 18.2. The van der Waals surface area contributed by atoms with Crippen LogP contribution in [0.4, 0.5) is 11.4 Å². The number of carbonyl (C=O) groups excluding carboxylic acids is 1. The summed E-state index contributed by atoms with van der Waals surface area (Å²) in [6.45, 7) is -0.614. The molecule has 1 N–H and O–H groups in total. The molecule has 1 amide bonds. The van der Waals surface area contributed by atoms with E-state index in [2.05, 4.69) is 5.32 Å². The van der Waals surface area contributed by atoms with E-state index in [0.29, 0.717) is 21.5 Å². The minimum absolute atomic E-state index is 0.0639. The van der Waals surface area contributed by atoms with Crippen LogP contribution in [0.15, 0.2) is 59.5 Å². The number of carbonyl (C=O) groups is 1. The molecular weight excluding hydrogens is 539 g/mol. The van der Waals surface area contributed by atoms with Crippen LogP contribution < -0.4 is 23.8 Å². The predicted molar refractivity (Wildman–Crippen MR) is 137 cm³/mol. The Hall–Kier alpha value is -2.85. The van der Waals surface area contributed by atoms with Crippen LogP contribution >= 0.6 is 34.8 Å². The largest absolute Gasteiger partial charge is 0.495 e. The van der Waals surface area contributed by atoms with Crippen molar-refractivity contribution in [3.8, 4) is 17.2 Å².